The van der Waals surface area contributed by atoms with E-state index in [1.165, 1.54) is 13.2 Å². The lowest BCUT2D eigenvalue weighted by Gasteiger charge is -2.08. The van der Waals surface area contributed by atoms with Crippen LogP contribution in [0.5, 0.6) is 5.75 Å². The molecule has 1 heterocycles. The Labute approximate surface area is 147 Å². The highest BCUT2D eigenvalue weighted by Gasteiger charge is 2.13. The summed E-state index contributed by atoms with van der Waals surface area (Å²) in [5, 5.41) is 3.53. The number of aryl methyl sites for hydroxylation is 1. The van der Waals surface area contributed by atoms with Gasteiger partial charge in [-0.3, -0.25) is 0 Å². The fourth-order valence-corrected chi connectivity index (χ4v) is 2.59. The predicted molar refractivity (Wildman–Crippen MR) is 97.5 cm³/mol. The zero-order valence-corrected chi connectivity index (χ0v) is 14.9. The van der Waals surface area contributed by atoms with E-state index in [0.717, 1.165) is 35.7 Å². The molecule has 0 saturated heterocycles. The van der Waals surface area contributed by atoms with Crippen molar-refractivity contribution in [2.24, 2.45) is 7.05 Å². The number of amides is 1. The molecule has 0 aliphatic rings. The van der Waals surface area contributed by atoms with Gasteiger partial charge in [-0.05, 0) is 24.6 Å². The van der Waals surface area contributed by atoms with Crippen LogP contribution in [-0.4, -0.2) is 30.3 Å². The molecule has 2 aromatic rings. The second-order valence-electron chi connectivity index (χ2n) is 5.73. The smallest absolute Gasteiger partial charge is 0.412 e. The minimum atomic E-state index is -0.477. The molecular formula is C19H24N2O4. The van der Waals surface area contributed by atoms with Crippen molar-refractivity contribution in [1.82, 2.24) is 9.88 Å². The second-order valence-corrected chi connectivity index (χ2v) is 5.73. The summed E-state index contributed by atoms with van der Waals surface area (Å²) >= 11 is 0. The molecule has 1 N–H and O–H groups in total. The van der Waals surface area contributed by atoms with Gasteiger partial charge in [0, 0.05) is 36.8 Å². The summed E-state index contributed by atoms with van der Waals surface area (Å²) in [5.74, 6) is 0.0136. The van der Waals surface area contributed by atoms with E-state index in [0.29, 0.717) is 12.3 Å². The average Bonchev–Trinajstić information content (AvgIpc) is 2.94. The number of hydrogen-bond acceptors (Lipinski definition) is 4. The third kappa shape index (κ3) is 4.86. The Hall–Kier alpha value is -2.76. The molecule has 1 amide bonds. The third-order valence-corrected chi connectivity index (χ3v) is 3.86. The van der Waals surface area contributed by atoms with Gasteiger partial charge in [0.25, 0.3) is 0 Å². The highest BCUT2D eigenvalue weighted by Crippen LogP contribution is 2.31. The normalized spacial score (nSPS) is 11.0. The molecule has 2 rings (SSSR count). The molecule has 1 aromatic carbocycles. The van der Waals surface area contributed by atoms with Gasteiger partial charge in [-0.2, -0.15) is 0 Å². The van der Waals surface area contributed by atoms with Crippen LogP contribution in [0.15, 0.2) is 30.5 Å². The van der Waals surface area contributed by atoms with Gasteiger partial charge in [0.15, 0.2) is 0 Å². The highest BCUT2D eigenvalue weighted by atomic mass is 16.6. The first-order chi connectivity index (χ1) is 12.1. The van der Waals surface area contributed by atoms with Gasteiger partial charge in [-0.15, -0.1) is 0 Å². The number of ether oxygens (including phenoxy) is 2. The largest absolute Gasteiger partial charge is 0.466 e. The number of carbonyl (C=O) groups is 2. The number of methoxy groups -OCH3 is 1. The molecule has 0 unspecified atom stereocenters. The second kappa shape index (κ2) is 8.92. The maximum absolute atomic E-state index is 12.0. The van der Waals surface area contributed by atoms with E-state index in [1.54, 1.807) is 12.1 Å². The molecule has 0 fully saturated rings. The van der Waals surface area contributed by atoms with Crippen molar-refractivity contribution in [3.05, 3.63) is 36.0 Å². The number of hydrogen-bond donors (Lipinski definition) is 1. The van der Waals surface area contributed by atoms with Crippen molar-refractivity contribution in [1.29, 1.82) is 0 Å². The summed E-state index contributed by atoms with van der Waals surface area (Å²) < 4.78 is 12.0. The molecule has 0 aliphatic heterocycles. The number of rotatable bonds is 7. The lowest BCUT2D eigenvalue weighted by Crippen LogP contribution is -2.27. The van der Waals surface area contributed by atoms with Crippen LogP contribution >= 0.6 is 0 Å². The molecule has 0 aliphatic carbocycles. The third-order valence-electron chi connectivity index (χ3n) is 3.86. The maximum Gasteiger partial charge on any atom is 0.412 e. The minimum absolute atomic E-state index is 0.441. The quantitative estimate of drug-likeness (QED) is 0.473. The van der Waals surface area contributed by atoms with Crippen molar-refractivity contribution in [3.63, 3.8) is 0 Å². The summed E-state index contributed by atoms with van der Waals surface area (Å²) in [5.41, 5.74) is 1.68. The van der Waals surface area contributed by atoms with Crippen molar-refractivity contribution in [3.8, 4) is 5.75 Å². The van der Waals surface area contributed by atoms with E-state index in [1.807, 2.05) is 29.9 Å². The Balaban J connectivity index is 2.23. The van der Waals surface area contributed by atoms with Crippen LogP contribution in [0, 0.1) is 0 Å². The maximum atomic E-state index is 12.0. The van der Waals surface area contributed by atoms with E-state index in [2.05, 4.69) is 17.0 Å². The average molecular weight is 344 g/mol. The number of benzene rings is 1. The first kappa shape index (κ1) is 18.6. The number of nitrogens with zero attached hydrogens (tertiary/aromatic N) is 1. The Morgan fingerprint density at radius 3 is 2.80 bits per heavy atom. The molecule has 0 radical (unpaired) electrons. The van der Waals surface area contributed by atoms with Gasteiger partial charge in [0.2, 0.25) is 0 Å². The lowest BCUT2D eigenvalue weighted by atomic mass is 10.1. The van der Waals surface area contributed by atoms with Crippen LogP contribution in [0.25, 0.3) is 17.0 Å². The molecule has 25 heavy (non-hydrogen) atoms. The Bertz CT molecular complexity index is 777. The zero-order valence-electron chi connectivity index (χ0n) is 14.9. The van der Waals surface area contributed by atoms with Gasteiger partial charge in [-0.1, -0.05) is 25.8 Å². The summed E-state index contributed by atoms with van der Waals surface area (Å²) in [6.45, 7) is 2.70. The van der Waals surface area contributed by atoms with Crippen LogP contribution in [0.2, 0.25) is 0 Å². The molecule has 6 nitrogen and oxygen atoms in total. The summed E-state index contributed by atoms with van der Waals surface area (Å²) in [6, 6.07) is 5.50. The molecule has 0 spiro atoms. The van der Waals surface area contributed by atoms with Crippen LogP contribution < -0.4 is 10.1 Å². The fraction of sp³-hybridized carbons (Fsp3) is 0.368. The Morgan fingerprint density at radius 2 is 2.08 bits per heavy atom. The summed E-state index contributed by atoms with van der Waals surface area (Å²) in [6.07, 6.45) is 7.48. The Kier molecular flexibility index (Phi) is 6.62. The highest BCUT2D eigenvalue weighted by molar-refractivity contribution is 5.98. The number of esters is 1. The van der Waals surface area contributed by atoms with Crippen molar-refractivity contribution in [2.45, 2.75) is 26.2 Å². The first-order valence-electron chi connectivity index (χ1n) is 8.36. The van der Waals surface area contributed by atoms with E-state index >= 15 is 0 Å². The molecule has 1 aromatic heterocycles. The van der Waals surface area contributed by atoms with Crippen molar-refractivity contribution < 1.29 is 19.1 Å². The molecule has 0 saturated carbocycles. The van der Waals surface area contributed by atoms with Gasteiger partial charge < -0.3 is 19.4 Å². The molecule has 6 heteroatoms. The number of carbonyl (C=O) groups excluding carboxylic acids is 2. The summed E-state index contributed by atoms with van der Waals surface area (Å²) in [4.78, 5) is 23.4. The van der Waals surface area contributed by atoms with Crippen LogP contribution in [0.3, 0.4) is 0 Å². The monoisotopic (exact) mass is 344 g/mol. The van der Waals surface area contributed by atoms with Crippen LogP contribution in [-0.2, 0) is 16.6 Å². The van der Waals surface area contributed by atoms with E-state index in [4.69, 9.17) is 4.74 Å². The Morgan fingerprint density at radius 1 is 1.28 bits per heavy atom. The number of fused-ring (bicyclic) bond motifs is 1. The lowest BCUT2D eigenvalue weighted by molar-refractivity contribution is -0.134. The molecule has 0 atom stereocenters. The SMILES string of the molecule is CCCCCNC(=O)Oc1cccc2c1c(C=CC(=O)OC)cn2C. The number of unbranched alkanes of at least 4 members (excludes halogenated alkanes) is 2. The van der Waals surface area contributed by atoms with Gasteiger partial charge >= 0.3 is 12.1 Å². The topological polar surface area (TPSA) is 69.6 Å². The minimum Gasteiger partial charge on any atom is -0.466 e. The van der Waals surface area contributed by atoms with E-state index in [9.17, 15) is 9.59 Å². The molecule has 0 bridgehead atoms. The van der Waals surface area contributed by atoms with Crippen molar-refractivity contribution >= 4 is 29.0 Å². The predicted octanol–water partition coefficient (Wildman–Crippen LogP) is 3.64. The van der Waals surface area contributed by atoms with Gasteiger partial charge in [-0.25, -0.2) is 9.59 Å². The fourth-order valence-electron chi connectivity index (χ4n) is 2.59. The summed E-state index contributed by atoms with van der Waals surface area (Å²) in [7, 11) is 3.22. The van der Waals surface area contributed by atoms with Crippen molar-refractivity contribution in [2.75, 3.05) is 13.7 Å². The molecule has 134 valence electrons. The number of aromatic nitrogens is 1. The molecular weight excluding hydrogens is 320 g/mol. The van der Waals surface area contributed by atoms with E-state index in [-0.39, 0.29) is 0 Å². The van der Waals surface area contributed by atoms with E-state index < -0.39 is 12.1 Å². The zero-order chi connectivity index (χ0) is 18.2. The van der Waals surface area contributed by atoms with Gasteiger partial charge in [0.1, 0.15) is 5.75 Å². The van der Waals surface area contributed by atoms with Crippen LogP contribution in [0.1, 0.15) is 31.7 Å². The standard InChI is InChI=1S/C19H24N2O4/c1-4-5-6-12-20-19(23)25-16-9-7-8-15-18(16)14(13-21(15)2)10-11-17(22)24-3/h7-11,13H,4-6,12H2,1-3H3,(H,20,23). The first-order valence-corrected chi connectivity index (χ1v) is 8.36. The number of nitrogens with one attached hydrogen (secondary N) is 1. The van der Waals surface area contributed by atoms with Gasteiger partial charge in [0.05, 0.1) is 12.6 Å². The van der Waals surface area contributed by atoms with Crippen LogP contribution in [0.4, 0.5) is 4.79 Å².